The molecule has 0 aliphatic heterocycles. The fourth-order valence-corrected chi connectivity index (χ4v) is 9.19. The zero-order valence-corrected chi connectivity index (χ0v) is 29.5. The lowest BCUT2D eigenvalue weighted by molar-refractivity contribution is 0.673. The Hall–Kier alpha value is -6.68. The number of furan rings is 1. The third-order valence-electron chi connectivity index (χ3n) is 10.6. The van der Waals surface area contributed by atoms with Crippen molar-refractivity contribution in [1.29, 1.82) is 0 Å². The molecule has 3 heteroatoms. The molecule has 0 fully saturated rings. The minimum atomic E-state index is 0.897. The number of fused-ring (bicyclic) bond motifs is 9. The number of nitrogens with zero attached hydrogens (tertiary/aromatic N) is 1. The van der Waals surface area contributed by atoms with Crippen LogP contribution in [0.5, 0.6) is 0 Å². The average Bonchev–Trinajstić information content (AvgIpc) is 3.80. The molecule has 0 atom stereocenters. The summed E-state index contributed by atoms with van der Waals surface area (Å²) in [7, 11) is 0. The Morgan fingerprint density at radius 1 is 0.377 bits per heavy atom. The first-order valence-corrected chi connectivity index (χ1v) is 18.8. The van der Waals surface area contributed by atoms with Gasteiger partial charge in [0.05, 0.1) is 0 Å². The fourth-order valence-electron chi connectivity index (χ4n) is 8.10. The van der Waals surface area contributed by atoms with E-state index in [1.165, 1.54) is 47.5 Å². The summed E-state index contributed by atoms with van der Waals surface area (Å²) in [5.74, 6) is 0. The minimum absolute atomic E-state index is 0.897. The Bertz CT molecular complexity index is 3200. The van der Waals surface area contributed by atoms with Gasteiger partial charge in [-0.05, 0) is 105 Å². The summed E-state index contributed by atoms with van der Waals surface area (Å²) in [4.78, 5) is 2.40. The predicted molar refractivity (Wildman–Crippen MR) is 227 cm³/mol. The molecule has 0 radical (unpaired) electrons. The zero-order chi connectivity index (χ0) is 34.9. The summed E-state index contributed by atoms with van der Waals surface area (Å²) in [6, 6.07) is 68.1. The van der Waals surface area contributed by atoms with Crippen LogP contribution in [0.2, 0.25) is 0 Å². The van der Waals surface area contributed by atoms with Crippen molar-refractivity contribution < 1.29 is 4.42 Å². The SMILES string of the molecule is c1cc(-c2ccc3ccccc3c2)cc(N(c2cccc(-c3cccc4oc5c6ccccc6ccc5c34)c2)c2ccc3sc4ccccc4c3c2)c1. The summed E-state index contributed by atoms with van der Waals surface area (Å²) >= 11 is 1.85. The molecular weight excluding hydrogens is 663 g/mol. The first-order chi connectivity index (χ1) is 26.2. The highest BCUT2D eigenvalue weighted by Gasteiger charge is 2.19. The molecular formula is C50H31NOS. The van der Waals surface area contributed by atoms with Crippen molar-refractivity contribution >= 4 is 92.1 Å². The Kier molecular flexibility index (Phi) is 6.76. The van der Waals surface area contributed by atoms with E-state index in [9.17, 15) is 0 Å². The van der Waals surface area contributed by atoms with Gasteiger partial charge in [-0.1, -0.05) is 121 Å². The van der Waals surface area contributed by atoms with Crippen LogP contribution in [0.25, 0.3) is 85.9 Å². The first-order valence-electron chi connectivity index (χ1n) is 18.0. The van der Waals surface area contributed by atoms with E-state index in [2.05, 4.69) is 193 Å². The van der Waals surface area contributed by atoms with Gasteiger partial charge in [0.25, 0.3) is 0 Å². The van der Waals surface area contributed by atoms with Crippen LogP contribution in [0.1, 0.15) is 0 Å². The molecule has 2 aromatic heterocycles. The van der Waals surface area contributed by atoms with E-state index in [0.29, 0.717) is 0 Å². The van der Waals surface area contributed by atoms with Gasteiger partial charge in [-0.3, -0.25) is 0 Å². The lowest BCUT2D eigenvalue weighted by Gasteiger charge is -2.27. The van der Waals surface area contributed by atoms with Gasteiger partial charge in [-0.15, -0.1) is 11.3 Å². The highest BCUT2D eigenvalue weighted by atomic mass is 32.1. The first kappa shape index (κ1) is 30.0. The molecule has 9 aromatic carbocycles. The van der Waals surface area contributed by atoms with Crippen molar-refractivity contribution in [3.8, 4) is 22.3 Å². The van der Waals surface area contributed by atoms with E-state index in [4.69, 9.17) is 4.42 Å². The maximum Gasteiger partial charge on any atom is 0.143 e. The van der Waals surface area contributed by atoms with E-state index < -0.39 is 0 Å². The molecule has 11 aromatic rings. The van der Waals surface area contributed by atoms with Gasteiger partial charge in [-0.25, -0.2) is 0 Å². The Balaban J connectivity index is 1.11. The normalized spacial score (nSPS) is 11.8. The minimum Gasteiger partial charge on any atom is -0.455 e. The molecule has 0 N–H and O–H groups in total. The lowest BCUT2D eigenvalue weighted by Crippen LogP contribution is -2.10. The molecule has 0 spiro atoms. The van der Waals surface area contributed by atoms with Gasteiger partial charge < -0.3 is 9.32 Å². The fraction of sp³-hybridized carbons (Fsp3) is 0. The second kappa shape index (κ2) is 11.9. The summed E-state index contributed by atoms with van der Waals surface area (Å²) in [6.07, 6.45) is 0. The van der Waals surface area contributed by atoms with Crippen LogP contribution in [0.4, 0.5) is 17.1 Å². The van der Waals surface area contributed by atoms with E-state index in [1.807, 2.05) is 11.3 Å². The van der Waals surface area contributed by atoms with Crippen LogP contribution in [-0.4, -0.2) is 0 Å². The Morgan fingerprint density at radius 3 is 1.92 bits per heavy atom. The predicted octanol–water partition coefficient (Wildman–Crippen LogP) is 15.1. The second-order valence-corrected chi connectivity index (χ2v) is 14.8. The molecule has 53 heavy (non-hydrogen) atoms. The van der Waals surface area contributed by atoms with Gasteiger partial charge in [0.1, 0.15) is 11.2 Å². The molecule has 0 aliphatic carbocycles. The van der Waals surface area contributed by atoms with Gasteiger partial charge in [0.15, 0.2) is 0 Å². The smallest absolute Gasteiger partial charge is 0.143 e. The summed E-state index contributed by atoms with van der Waals surface area (Å²) in [5.41, 5.74) is 9.82. The van der Waals surface area contributed by atoms with Crippen molar-refractivity contribution in [3.05, 3.63) is 188 Å². The topological polar surface area (TPSA) is 16.4 Å². The lowest BCUT2D eigenvalue weighted by atomic mass is 9.97. The molecule has 0 unspecified atom stereocenters. The molecule has 0 bridgehead atoms. The van der Waals surface area contributed by atoms with E-state index in [-0.39, 0.29) is 0 Å². The summed E-state index contributed by atoms with van der Waals surface area (Å²) in [5, 5.41) is 9.64. The molecule has 248 valence electrons. The summed E-state index contributed by atoms with van der Waals surface area (Å²) in [6.45, 7) is 0. The largest absolute Gasteiger partial charge is 0.455 e. The molecule has 2 heterocycles. The maximum atomic E-state index is 6.59. The quantitative estimate of drug-likeness (QED) is 0.178. The molecule has 11 rings (SSSR count). The number of thiophene rings is 1. The molecule has 0 aliphatic rings. The standard InChI is InChI=1S/C50H31NOS/c1-2-12-34-28-36(23-22-32(34)10-1)35-13-7-15-38(29-35)51(40-25-27-48-45(31-40)43-18-5-6-21-47(43)53-48)39-16-8-14-37(30-39)41-19-9-20-46-49(41)44-26-24-33-11-3-4-17-42(33)50(44)52-46/h1-31H. The van der Waals surface area contributed by atoms with Crippen LogP contribution in [0.15, 0.2) is 192 Å². The molecule has 0 saturated heterocycles. The van der Waals surface area contributed by atoms with E-state index >= 15 is 0 Å². The van der Waals surface area contributed by atoms with Gasteiger partial charge in [-0.2, -0.15) is 0 Å². The van der Waals surface area contributed by atoms with Gasteiger partial charge >= 0.3 is 0 Å². The maximum absolute atomic E-state index is 6.59. The highest BCUT2D eigenvalue weighted by Crippen LogP contribution is 2.44. The Morgan fingerprint density at radius 2 is 1.04 bits per heavy atom. The second-order valence-electron chi connectivity index (χ2n) is 13.7. The highest BCUT2D eigenvalue weighted by molar-refractivity contribution is 7.25. The van der Waals surface area contributed by atoms with Crippen LogP contribution < -0.4 is 4.90 Å². The van der Waals surface area contributed by atoms with Crippen molar-refractivity contribution in [1.82, 2.24) is 0 Å². The van der Waals surface area contributed by atoms with Gasteiger partial charge in [0.2, 0.25) is 0 Å². The number of hydrogen-bond donors (Lipinski definition) is 0. The third kappa shape index (κ3) is 4.93. The van der Waals surface area contributed by atoms with Crippen LogP contribution >= 0.6 is 11.3 Å². The number of anilines is 3. The van der Waals surface area contributed by atoms with Crippen LogP contribution in [-0.2, 0) is 0 Å². The van der Waals surface area contributed by atoms with Crippen molar-refractivity contribution in [3.63, 3.8) is 0 Å². The summed E-state index contributed by atoms with van der Waals surface area (Å²) < 4.78 is 9.18. The third-order valence-corrected chi connectivity index (χ3v) is 11.8. The zero-order valence-electron chi connectivity index (χ0n) is 28.7. The van der Waals surface area contributed by atoms with E-state index in [1.54, 1.807) is 0 Å². The van der Waals surface area contributed by atoms with Crippen LogP contribution in [0.3, 0.4) is 0 Å². The van der Waals surface area contributed by atoms with Crippen molar-refractivity contribution in [2.45, 2.75) is 0 Å². The Labute approximate surface area is 310 Å². The molecule has 0 amide bonds. The van der Waals surface area contributed by atoms with Gasteiger partial charge in [0, 0.05) is 53.4 Å². The van der Waals surface area contributed by atoms with E-state index in [0.717, 1.165) is 55.5 Å². The monoisotopic (exact) mass is 693 g/mol. The van der Waals surface area contributed by atoms with Crippen LogP contribution in [0, 0.1) is 0 Å². The number of hydrogen-bond acceptors (Lipinski definition) is 3. The van der Waals surface area contributed by atoms with Crippen molar-refractivity contribution in [2.24, 2.45) is 0 Å². The number of benzene rings is 9. The molecule has 0 saturated carbocycles. The number of rotatable bonds is 5. The average molecular weight is 694 g/mol. The van der Waals surface area contributed by atoms with Crippen molar-refractivity contribution in [2.75, 3.05) is 4.90 Å². The molecule has 2 nitrogen and oxygen atoms in total.